The van der Waals surface area contributed by atoms with E-state index >= 15 is 0 Å². The molecule has 0 bridgehead atoms. The van der Waals surface area contributed by atoms with Gasteiger partial charge in [-0.2, -0.15) is 0 Å². The highest BCUT2D eigenvalue weighted by Gasteiger charge is 2.43. The minimum atomic E-state index is -1.67. The molecule has 1 heterocycles. The van der Waals surface area contributed by atoms with Crippen LogP contribution in [0.4, 0.5) is 0 Å². The van der Waals surface area contributed by atoms with Gasteiger partial charge in [0.25, 0.3) is 4.52 Å². The molecule has 1 aromatic carbocycles. The molecule has 0 unspecified atom stereocenters. The number of alkyl halides is 2. The van der Waals surface area contributed by atoms with Crippen LogP contribution in [0.2, 0.25) is 10.0 Å². The molecule has 0 N–H and O–H groups in total. The van der Waals surface area contributed by atoms with Crippen LogP contribution in [-0.4, -0.2) is 5.97 Å². The number of fused-ring (bicyclic) bond motifs is 1. The Kier molecular flexibility index (Phi) is 2.35. The minimum absolute atomic E-state index is 0.240. The fourth-order valence-corrected chi connectivity index (χ4v) is 1.96. The Balaban J connectivity index is 2.70. The highest BCUT2D eigenvalue weighted by atomic mass is 35.5. The largest absolute Gasteiger partial charge is 0.421 e. The van der Waals surface area contributed by atoms with E-state index in [2.05, 4.69) is 0 Å². The van der Waals surface area contributed by atoms with E-state index in [1.54, 1.807) is 0 Å². The van der Waals surface area contributed by atoms with Crippen LogP contribution in [0.1, 0.15) is 15.9 Å². The zero-order chi connectivity index (χ0) is 10.5. The Morgan fingerprint density at radius 1 is 1.14 bits per heavy atom. The normalized spacial score (nSPS) is 17.9. The number of carbonyl (C=O) groups is 1. The summed E-state index contributed by atoms with van der Waals surface area (Å²) in [4.78, 5) is 11.3. The second-order valence-corrected chi connectivity index (χ2v) is 4.79. The number of ether oxygens (including phenoxy) is 1. The monoisotopic (exact) mass is 270 g/mol. The second-order valence-electron chi connectivity index (χ2n) is 2.72. The fraction of sp³-hybridized carbons (Fsp3) is 0.125. The van der Waals surface area contributed by atoms with Crippen molar-refractivity contribution < 1.29 is 9.53 Å². The first-order valence-corrected chi connectivity index (χ1v) is 5.03. The number of carbonyl (C=O) groups excluding carboxylic acids is 1. The van der Waals surface area contributed by atoms with E-state index in [1.165, 1.54) is 12.1 Å². The molecule has 0 fully saturated rings. The van der Waals surface area contributed by atoms with Crippen molar-refractivity contribution in [2.45, 2.75) is 4.52 Å². The highest BCUT2D eigenvalue weighted by Crippen LogP contribution is 2.45. The van der Waals surface area contributed by atoms with Gasteiger partial charge in [-0.25, -0.2) is 4.79 Å². The highest BCUT2D eigenvalue weighted by molar-refractivity contribution is 6.49. The molecule has 1 aromatic rings. The maximum atomic E-state index is 11.3. The van der Waals surface area contributed by atoms with Gasteiger partial charge in [0.2, 0.25) is 0 Å². The molecule has 0 amide bonds. The molecule has 0 spiro atoms. The molecular formula is C8H2Cl4O2. The van der Waals surface area contributed by atoms with Crippen molar-refractivity contribution in [1.29, 1.82) is 0 Å². The van der Waals surface area contributed by atoms with Crippen molar-refractivity contribution in [2.75, 3.05) is 0 Å². The minimum Gasteiger partial charge on any atom is -0.421 e. The summed E-state index contributed by atoms with van der Waals surface area (Å²) in [5.74, 6) is -0.608. The van der Waals surface area contributed by atoms with Gasteiger partial charge in [0.05, 0.1) is 15.6 Å². The summed E-state index contributed by atoms with van der Waals surface area (Å²) in [7, 11) is 0. The lowest BCUT2D eigenvalue weighted by molar-refractivity contribution is 0.0447. The fourth-order valence-electron chi connectivity index (χ4n) is 1.18. The first kappa shape index (κ1) is 10.4. The van der Waals surface area contributed by atoms with Crippen LogP contribution in [0.25, 0.3) is 0 Å². The van der Waals surface area contributed by atoms with Gasteiger partial charge in [-0.15, -0.1) is 0 Å². The van der Waals surface area contributed by atoms with Gasteiger partial charge in [-0.1, -0.05) is 46.4 Å². The van der Waals surface area contributed by atoms with E-state index in [-0.39, 0.29) is 15.6 Å². The van der Waals surface area contributed by atoms with Gasteiger partial charge >= 0.3 is 5.97 Å². The van der Waals surface area contributed by atoms with E-state index in [1.807, 2.05) is 0 Å². The molecule has 6 heteroatoms. The quantitative estimate of drug-likeness (QED) is 0.531. The summed E-state index contributed by atoms with van der Waals surface area (Å²) < 4.78 is 3.04. The smallest absolute Gasteiger partial charge is 0.341 e. The van der Waals surface area contributed by atoms with Crippen molar-refractivity contribution in [3.63, 3.8) is 0 Å². The first-order valence-electron chi connectivity index (χ1n) is 3.52. The summed E-state index contributed by atoms with van der Waals surface area (Å²) >= 11 is 23.0. The Morgan fingerprint density at radius 3 is 2.36 bits per heavy atom. The molecule has 0 saturated heterocycles. The lowest BCUT2D eigenvalue weighted by Gasteiger charge is -2.11. The molecule has 74 valence electrons. The van der Waals surface area contributed by atoms with E-state index < -0.39 is 10.5 Å². The Labute approximate surface area is 99.6 Å². The molecule has 0 saturated carbocycles. The Bertz CT molecular complexity index is 428. The molecule has 2 nitrogen and oxygen atoms in total. The van der Waals surface area contributed by atoms with Gasteiger partial charge in [0.15, 0.2) is 0 Å². The van der Waals surface area contributed by atoms with Gasteiger partial charge in [-0.05, 0) is 12.1 Å². The maximum Gasteiger partial charge on any atom is 0.341 e. The van der Waals surface area contributed by atoms with E-state index in [9.17, 15) is 4.79 Å². The number of esters is 1. The lowest BCUT2D eigenvalue weighted by Crippen LogP contribution is -2.08. The van der Waals surface area contributed by atoms with Gasteiger partial charge < -0.3 is 4.74 Å². The number of halogens is 4. The predicted molar refractivity (Wildman–Crippen MR) is 55.3 cm³/mol. The third-order valence-corrected chi connectivity index (χ3v) is 3.10. The molecule has 1 aliphatic heterocycles. The molecular weight excluding hydrogens is 270 g/mol. The van der Waals surface area contributed by atoms with Crippen LogP contribution in [0.3, 0.4) is 0 Å². The predicted octanol–water partition coefficient (Wildman–Crippen LogP) is 3.75. The van der Waals surface area contributed by atoms with Crippen molar-refractivity contribution >= 4 is 52.4 Å². The molecule has 0 radical (unpaired) electrons. The molecule has 2 rings (SSSR count). The van der Waals surface area contributed by atoms with Gasteiger partial charge in [0.1, 0.15) is 0 Å². The van der Waals surface area contributed by atoms with Crippen LogP contribution < -0.4 is 0 Å². The Hall–Kier alpha value is -0.150. The third-order valence-electron chi connectivity index (χ3n) is 1.81. The van der Waals surface area contributed by atoms with Gasteiger partial charge in [0, 0.05) is 5.56 Å². The van der Waals surface area contributed by atoms with Crippen LogP contribution in [0, 0.1) is 0 Å². The number of rotatable bonds is 0. The molecule has 0 atom stereocenters. The van der Waals surface area contributed by atoms with Crippen molar-refractivity contribution in [3.05, 3.63) is 33.3 Å². The molecule has 0 aliphatic carbocycles. The summed E-state index contributed by atoms with van der Waals surface area (Å²) in [5, 5.41) is 0.530. The van der Waals surface area contributed by atoms with Crippen LogP contribution in [0.5, 0.6) is 0 Å². The standard InChI is InChI=1S/C8H2Cl4O2/c9-5-1-3-4(2-6(5)10)8(11,12)14-7(3)13/h1-2H. The van der Waals surface area contributed by atoms with Crippen LogP contribution in [-0.2, 0) is 9.26 Å². The molecule has 0 aromatic heterocycles. The SMILES string of the molecule is O=C1OC(Cl)(Cl)c2cc(Cl)c(Cl)cc21. The van der Waals surface area contributed by atoms with Crippen molar-refractivity contribution in [3.8, 4) is 0 Å². The van der Waals surface area contributed by atoms with Crippen molar-refractivity contribution in [2.24, 2.45) is 0 Å². The maximum absolute atomic E-state index is 11.3. The molecule has 14 heavy (non-hydrogen) atoms. The first-order chi connectivity index (χ1) is 6.42. The number of hydrogen-bond donors (Lipinski definition) is 0. The van der Waals surface area contributed by atoms with Gasteiger partial charge in [-0.3, -0.25) is 0 Å². The number of cyclic esters (lactones) is 1. The number of hydrogen-bond acceptors (Lipinski definition) is 2. The topological polar surface area (TPSA) is 26.3 Å². The third kappa shape index (κ3) is 1.47. The summed E-state index contributed by atoms with van der Waals surface area (Å²) in [6, 6.07) is 2.80. The van der Waals surface area contributed by atoms with Crippen LogP contribution in [0.15, 0.2) is 12.1 Å². The zero-order valence-corrected chi connectivity index (χ0v) is 9.51. The Morgan fingerprint density at radius 2 is 1.71 bits per heavy atom. The zero-order valence-electron chi connectivity index (χ0n) is 6.48. The van der Waals surface area contributed by atoms with Crippen LogP contribution >= 0.6 is 46.4 Å². The summed E-state index contributed by atoms with van der Waals surface area (Å²) in [6.07, 6.45) is 0. The summed E-state index contributed by atoms with van der Waals surface area (Å²) in [5.41, 5.74) is 0.560. The van der Waals surface area contributed by atoms with E-state index in [4.69, 9.17) is 51.1 Å². The average molecular weight is 272 g/mol. The number of benzene rings is 1. The van der Waals surface area contributed by atoms with Crippen molar-refractivity contribution in [1.82, 2.24) is 0 Å². The second kappa shape index (κ2) is 3.17. The average Bonchev–Trinajstić information content (AvgIpc) is 2.26. The lowest BCUT2D eigenvalue weighted by atomic mass is 10.1. The summed E-state index contributed by atoms with van der Waals surface area (Å²) in [6.45, 7) is 0. The van der Waals surface area contributed by atoms with E-state index in [0.29, 0.717) is 5.56 Å². The molecule has 1 aliphatic rings. The van der Waals surface area contributed by atoms with E-state index in [0.717, 1.165) is 0 Å².